The molecule has 2 rings (SSSR count). The molecule has 1 amide bonds. The first kappa shape index (κ1) is 16.4. The Balaban J connectivity index is 1.98. The summed E-state index contributed by atoms with van der Waals surface area (Å²) in [5, 5.41) is 19.5. The lowest BCUT2D eigenvalue weighted by molar-refractivity contribution is -0.384. The molecule has 7 nitrogen and oxygen atoms in total. The first-order valence-electron chi connectivity index (χ1n) is 6.64. The smallest absolute Gasteiger partial charge is 0.271 e. The first-order chi connectivity index (χ1) is 10.9. The summed E-state index contributed by atoms with van der Waals surface area (Å²) in [6, 6.07) is 13.0. The Morgan fingerprint density at radius 1 is 1.00 bits per heavy atom. The molecule has 0 heterocycles. The van der Waals surface area contributed by atoms with Crippen molar-refractivity contribution in [3.8, 4) is 0 Å². The average Bonchev–Trinajstić information content (AvgIpc) is 2.49. The highest BCUT2D eigenvalue weighted by Gasteiger charge is 2.06. The van der Waals surface area contributed by atoms with E-state index in [4.69, 9.17) is 12.2 Å². The summed E-state index contributed by atoms with van der Waals surface area (Å²) in [6.45, 7) is 1.43. The fourth-order valence-electron chi connectivity index (χ4n) is 1.83. The van der Waals surface area contributed by atoms with Crippen molar-refractivity contribution < 1.29 is 9.72 Å². The van der Waals surface area contributed by atoms with Crippen molar-refractivity contribution in [3.05, 3.63) is 58.6 Å². The van der Waals surface area contributed by atoms with Gasteiger partial charge in [0.15, 0.2) is 5.11 Å². The van der Waals surface area contributed by atoms with E-state index in [0.717, 1.165) is 5.69 Å². The molecule has 2 aromatic rings. The number of nitrogens with one attached hydrogen (secondary N) is 3. The molecule has 0 aromatic heterocycles. The number of thiocarbonyl (C=S) groups is 1. The molecule has 0 radical (unpaired) electrons. The number of benzene rings is 2. The van der Waals surface area contributed by atoms with Crippen LogP contribution in [-0.2, 0) is 4.79 Å². The number of carbonyl (C=O) groups excluding carboxylic acids is 1. The van der Waals surface area contributed by atoms with Crippen molar-refractivity contribution in [2.45, 2.75) is 6.92 Å². The second kappa shape index (κ2) is 7.32. The Morgan fingerprint density at radius 3 is 2.13 bits per heavy atom. The normalized spacial score (nSPS) is 9.78. The van der Waals surface area contributed by atoms with Crippen molar-refractivity contribution in [2.75, 3.05) is 16.0 Å². The Bertz CT molecular complexity index is 747. The van der Waals surface area contributed by atoms with Crippen LogP contribution in [0, 0.1) is 10.1 Å². The van der Waals surface area contributed by atoms with Crippen LogP contribution >= 0.6 is 12.2 Å². The molecule has 3 N–H and O–H groups in total. The number of nitrogens with zero attached hydrogens (tertiary/aromatic N) is 1. The van der Waals surface area contributed by atoms with Gasteiger partial charge in [0.25, 0.3) is 5.69 Å². The fraction of sp³-hybridized carbons (Fsp3) is 0.0667. The van der Waals surface area contributed by atoms with E-state index in [9.17, 15) is 14.9 Å². The predicted octanol–water partition coefficient (Wildman–Crippen LogP) is 3.36. The van der Waals surface area contributed by atoms with Gasteiger partial charge in [-0.25, -0.2) is 0 Å². The van der Waals surface area contributed by atoms with Gasteiger partial charge in [0.2, 0.25) is 5.91 Å². The second-order valence-corrected chi connectivity index (χ2v) is 5.05. The first-order valence-corrected chi connectivity index (χ1v) is 7.05. The Labute approximate surface area is 137 Å². The molecule has 8 heteroatoms. The highest BCUT2D eigenvalue weighted by molar-refractivity contribution is 7.80. The molecular formula is C15H14N4O3S. The van der Waals surface area contributed by atoms with Crippen molar-refractivity contribution in [1.29, 1.82) is 0 Å². The highest BCUT2D eigenvalue weighted by Crippen LogP contribution is 2.18. The Kier molecular flexibility index (Phi) is 5.21. The molecule has 0 aliphatic heterocycles. The molecule has 0 fully saturated rings. The van der Waals surface area contributed by atoms with Crippen LogP contribution in [0.1, 0.15) is 6.92 Å². The summed E-state index contributed by atoms with van der Waals surface area (Å²) in [7, 11) is 0. The zero-order valence-electron chi connectivity index (χ0n) is 12.2. The van der Waals surface area contributed by atoms with E-state index >= 15 is 0 Å². The molecule has 118 valence electrons. The van der Waals surface area contributed by atoms with Gasteiger partial charge in [-0.3, -0.25) is 14.9 Å². The molecule has 0 atom stereocenters. The van der Waals surface area contributed by atoms with Crippen LogP contribution in [0.25, 0.3) is 0 Å². The summed E-state index contributed by atoms with van der Waals surface area (Å²) in [5.74, 6) is -0.145. The lowest BCUT2D eigenvalue weighted by Crippen LogP contribution is -2.19. The van der Waals surface area contributed by atoms with Gasteiger partial charge < -0.3 is 16.0 Å². The number of amides is 1. The molecule has 23 heavy (non-hydrogen) atoms. The van der Waals surface area contributed by atoms with Crippen LogP contribution in [0.4, 0.5) is 22.7 Å². The van der Waals surface area contributed by atoms with Crippen molar-refractivity contribution in [2.24, 2.45) is 0 Å². The van der Waals surface area contributed by atoms with Gasteiger partial charge >= 0.3 is 0 Å². The number of rotatable bonds is 4. The van der Waals surface area contributed by atoms with Gasteiger partial charge in [-0.15, -0.1) is 0 Å². The predicted molar refractivity (Wildman–Crippen MR) is 93.7 cm³/mol. The molecule has 0 bridgehead atoms. The Morgan fingerprint density at radius 2 is 1.57 bits per heavy atom. The molecule has 0 spiro atoms. The number of hydrogen-bond donors (Lipinski definition) is 3. The van der Waals surface area contributed by atoms with Crippen molar-refractivity contribution in [3.63, 3.8) is 0 Å². The van der Waals surface area contributed by atoms with Crippen LogP contribution < -0.4 is 16.0 Å². The topological polar surface area (TPSA) is 96.3 Å². The van der Waals surface area contributed by atoms with E-state index in [-0.39, 0.29) is 11.6 Å². The molecule has 2 aromatic carbocycles. The van der Waals surface area contributed by atoms with Crippen LogP contribution in [0.3, 0.4) is 0 Å². The lowest BCUT2D eigenvalue weighted by atomic mass is 10.2. The molecular weight excluding hydrogens is 316 g/mol. The van der Waals surface area contributed by atoms with Gasteiger partial charge in [0.05, 0.1) is 4.92 Å². The summed E-state index contributed by atoms with van der Waals surface area (Å²) in [5.41, 5.74) is 1.91. The minimum absolute atomic E-state index is 0.0162. The summed E-state index contributed by atoms with van der Waals surface area (Å²) >= 11 is 5.17. The molecule has 0 aliphatic carbocycles. The zero-order valence-corrected chi connectivity index (χ0v) is 13.0. The summed E-state index contributed by atoms with van der Waals surface area (Å²) in [6.07, 6.45) is 0. The van der Waals surface area contributed by atoms with E-state index in [2.05, 4.69) is 16.0 Å². The zero-order chi connectivity index (χ0) is 16.8. The van der Waals surface area contributed by atoms with Crippen molar-refractivity contribution >= 4 is 46.0 Å². The summed E-state index contributed by atoms with van der Waals surface area (Å²) < 4.78 is 0. The minimum atomic E-state index is -0.470. The third kappa shape index (κ3) is 5.04. The van der Waals surface area contributed by atoms with Gasteiger partial charge in [-0.2, -0.15) is 0 Å². The maximum atomic E-state index is 10.9. The molecule has 0 aliphatic rings. The van der Waals surface area contributed by atoms with Crippen molar-refractivity contribution in [1.82, 2.24) is 0 Å². The van der Waals surface area contributed by atoms with Crippen LogP contribution in [0.5, 0.6) is 0 Å². The summed E-state index contributed by atoms with van der Waals surface area (Å²) in [4.78, 5) is 21.2. The van der Waals surface area contributed by atoms with Crippen LogP contribution in [-0.4, -0.2) is 15.9 Å². The maximum Gasteiger partial charge on any atom is 0.271 e. The van der Waals surface area contributed by atoms with E-state index in [1.165, 1.54) is 19.1 Å². The lowest BCUT2D eigenvalue weighted by Gasteiger charge is -2.11. The van der Waals surface area contributed by atoms with Gasteiger partial charge in [-0.1, -0.05) is 6.07 Å². The van der Waals surface area contributed by atoms with Crippen LogP contribution in [0.2, 0.25) is 0 Å². The fourth-order valence-corrected chi connectivity index (χ4v) is 2.07. The van der Waals surface area contributed by atoms with Gasteiger partial charge in [0.1, 0.15) is 0 Å². The number of anilines is 3. The van der Waals surface area contributed by atoms with E-state index in [1.807, 2.05) is 0 Å². The van der Waals surface area contributed by atoms with E-state index < -0.39 is 4.92 Å². The third-order valence-electron chi connectivity index (χ3n) is 2.78. The van der Waals surface area contributed by atoms with E-state index in [0.29, 0.717) is 16.5 Å². The highest BCUT2D eigenvalue weighted by atomic mass is 32.1. The van der Waals surface area contributed by atoms with Crippen LogP contribution in [0.15, 0.2) is 48.5 Å². The SMILES string of the molecule is CC(=O)Nc1ccc(NC(=S)Nc2cccc([N+](=O)[O-])c2)cc1. The number of carbonyl (C=O) groups is 1. The maximum absolute atomic E-state index is 10.9. The number of nitro groups is 1. The average molecular weight is 330 g/mol. The quantitative estimate of drug-likeness (QED) is 0.452. The molecule has 0 saturated carbocycles. The van der Waals surface area contributed by atoms with Gasteiger partial charge in [-0.05, 0) is 42.5 Å². The largest absolute Gasteiger partial charge is 0.332 e. The number of nitro benzene ring substituents is 1. The number of hydrogen-bond acceptors (Lipinski definition) is 4. The Hall–Kier alpha value is -3.00. The van der Waals surface area contributed by atoms with Gasteiger partial charge in [0, 0.05) is 36.1 Å². The number of non-ortho nitro benzene ring substituents is 1. The van der Waals surface area contributed by atoms with E-state index in [1.54, 1.807) is 36.4 Å². The molecule has 0 unspecified atom stereocenters. The third-order valence-corrected chi connectivity index (χ3v) is 2.98. The second-order valence-electron chi connectivity index (χ2n) is 4.65. The standard InChI is InChI=1S/C15H14N4O3S/c1-10(20)16-11-5-7-12(8-6-11)17-15(23)18-13-3-2-4-14(9-13)19(21)22/h2-9H,1H3,(H,16,20)(H2,17,18,23). The minimum Gasteiger partial charge on any atom is -0.332 e. The monoisotopic (exact) mass is 330 g/mol. The molecule has 0 saturated heterocycles.